The summed E-state index contributed by atoms with van der Waals surface area (Å²) in [6, 6.07) is 15.1. The number of esters is 1. The van der Waals surface area contributed by atoms with Crippen molar-refractivity contribution in [2.24, 2.45) is 0 Å². The Hall–Kier alpha value is -2.27. The number of hydrogen-bond donors (Lipinski definition) is 1. The zero-order valence-electron chi connectivity index (χ0n) is 13.2. The number of benzene rings is 2. The molecule has 0 saturated carbocycles. The Labute approximate surface area is 140 Å². The normalized spacial score (nSPS) is 10.2. The lowest BCUT2D eigenvalue weighted by atomic mass is 10.1. The highest BCUT2D eigenvalue weighted by Gasteiger charge is 2.09. The molecule has 0 bridgehead atoms. The van der Waals surface area contributed by atoms with Gasteiger partial charge in [-0.2, -0.15) is 0 Å². The fraction of sp³-hybridized carbons (Fsp3) is 0.222. The van der Waals surface area contributed by atoms with Crippen LogP contribution < -0.4 is 5.32 Å². The van der Waals surface area contributed by atoms with Crippen LogP contribution in [-0.2, 0) is 20.7 Å². The molecule has 4 nitrogen and oxygen atoms in total. The molecule has 23 heavy (non-hydrogen) atoms. The van der Waals surface area contributed by atoms with E-state index in [1.165, 1.54) is 0 Å². The van der Waals surface area contributed by atoms with Crippen LogP contribution in [0.2, 0.25) is 0 Å². The second kappa shape index (κ2) is 8.39. The number of amides is 1. The zero-order chi connectivity index (χ0) is 16.7. The summed E-state index contributed by atoms with van der Waals surface area (Å²) >= 11 is 1.59. The molecule has 0 unspecified atom stereocenters. The molecule has 2 rings (SSSR count). The van der Waals surface area contributed by atoms with Gasteiger partial charge in [-0.05, 0) is 36.9 Å². The zero-order valence-corrected chi connectivity index (χ0v) is 14.0. The summed E-state index contributed by atoms with van der Waals surface area (Å²) in [4.78, 5) is 24.6. The number of anilines is 1. The highest BCUT2D eigenvalue weighted by molar-refractivity contribution is 7.98. The first-order valence-corrected chi connectivity index (χ1v) is 8.44. The van der Waals surface area contributed by atoms with Crippen molar-refractivity contribution in [3.63, 3.8) is 0 Å². The number of carbonyl (C=O) groups excluding carboxylic acids is 2. The van der Waals surface area contributed by atoms with E-state index >= 15 is 0 Å². The van der Waals surface area contributed by atoms with E-state index in [0.717, 1.165) is 16.0 Å². The molecule has 1 amide bonds. The molecule has 2 aromatic carbocycles. The Bertz CT molecular complexity index is 683. The van der Waals surface area contributed by atoms with E-state index in [-0.39, 0.29) is 18.9 Å². The molecule has 0 saturated heterocycles. The number of hydrogen-bond acceptors (Lipinski definition) is 4. The second-order valence-corrected chi connectivity index (χ2v) is 5.98. The molecule has 120 valence electrons. The molecule has 2 aromatic rings. The fourth-order valence-corrected chi connectivity index (χ4v) is 2.43. The molecule has 0 aliphatic carbocycles. The fourth-order valence-electron chi connectivity index (χ4n) is 1.97. The van der Waals surface area contributed by atoms with Crippen molar-refractivity contribution in [2.45, 2.75) is 18.2 Å². The van der Waals surface area contributed by atoms with E-state index in [9.17, 15) is 9.59 Å². The Balaban J connectivity index is 1.79. The van der Waals surface area contributed by atoms with Crippen LogP contribution in [0.5, 0.6) is 0 Å². The van der Waals surface area contributed by atoms with Crippen LogP contribution in [-0.4, -0.2) is 24.7 Å². The highest BCUT2D eigenvalue weighted by atomic mass is 32.2. The molecule has 0 atom stereocenters. The predicted octanol–water partition coefficient (Wildman–Crippen LogP) is 3.44. The summed E-state index contributed by atoms with van der Waals surface area (Å²) in [5.74, 6) is -0.762. The van der Waals surface area contributed by atoms with Crippen LogP contribution in [0, 0.1) is 6.92 Å². The standard InChI is InChI=1S/C18H19NO3S/c1-13-6-8-14(9-7-13)10-18(21)22-12-17(20)19-15-4-3-5-16(11-15)23-2/h3-9,11H,10,12H2,1-2H3,(H,19,20). The summed E-state index contributed by atoms with van der Waals surface area (Å²) in [6.07, 6.45) is 2.13. The van der Waals surface area contributed by atoms with Crippen LogP contribution in [0.15, 0.2) is 53.4 Å². The molecule has 0 aliphatic heterocycles. The maximum atomic E-state index is 11.8. The summed E-state index contributed by atoms with van der Waals surface area (Å²) in [5, 5.41) is 2.71. The second-order valence-electron chi connectivity index (χ2n) is 5.10. The summed E-state index contributed by atoms with van der Waals surface area (Å²) < 4.78 is 5.01. The van der Waals surface area contributed by atoms with Crippen molar-refractivity contribution in [3.8, 4) is 0 Å². The number of ether oxygens (including phenoxy) is 1. The minimum Gasteiger partial charge on any atom is -0.455 e. The number of thioether (sulfide) groups is 1. The van der Waals surface area contributed by atoms with Gasteiger partial charge in [0.15, 0.2) is 6.61 Å². The van der Waals surface area contributed by atoms with Gasteiger partial charge in [-0.1, -0.05) is 35.9 Å². The number of aryl methyl sites for hydroxylation is 1. The van der Waals surface area contributed by atoms with Crippen LogP contribution in [0.25, 0.3) is 0 Å². The first-order chi connectivity index (χ1) is 11.1. The van der Waals surface area contributed by atoms with E-state index < -0.39 is 5.97 Å². The molecule has 0 radical (unpaired) electrons. The van der Waals surface area contributed by atoms with E-state index in [1.54, 1.807) is 17.8 Å². The van der Waals surface area contributed by atoms with Gasteiger partial charge in [0.25, 0.3) is 5.91 Å². The van der Waals surface area contributed by atoms with Crippen molar-refractivity contribution in [2.75, 3.05) is 18.2 Å². The van der Waals surface area contributed by atoms with Gasteiger partial charge in [0, 0.05) is 10.6 Å². The van der Waals surface area contributed by atoms with E-state index in [1.807, 2.05) is 55.6 Å². The monoisotopic (exact) mass is 329 g/mol. The van der Waals surface area contributed by atoms with Gasteiger partial charge in [-0.3, -0.25) is 9.59 Å². The van der Waals surface area contributed by atoms with Crippen molar-refractivity contribution in [3.05, 3.63) is 59.7 Å². The highest BCUT2D eigenvalue weighted by Crippen LogP contribution is 2.18. The third kappa shape index (κ3) is 5.79. The maximum Gasteiger partial charge on any atom is 0.310 e. The topological polar surface area (TPSA) is 55.4 Å². The third-order valence-corrected chi connectivity index (χ3v) is 3.91. The largest absolute Gasteiger partial charge is 0.455 e. The van der Waals surface area contributed by atoms with Crippen molar-refractivity contribution in [1.82, 2.24) is 0 Å². The van der Waals surface area contributed by atoms with Crippen molar-refractivity contribution >= 4 is 29.3 Å². The third-order valence-electron chi connectivity index (χ3n) is 3.19. The van der Waals surface area contributed by atoms with Gasteiger partial charge in [-0.15, -0.1) is 11.8 Å². The van der Waals surface area contributed by atoms with Crippen LogP contribution in [0.4, 0.5) is 5.69 Å². The van der Waals surface area contributed by atoms with E-state index in [4.69, 9.17) is 4.74 Å². The molecular weight excluding hydrogens is 310 g/mol. The van der Waals surface area contributed by atoms with Crippen LogP contribution >= 0.6 is 11.8 Å². The average Bonchev–Trinajstić information content (AvgIpc) is 2.55. The molecule has 0 spiro atoms. The van der Waals surface area contributed by atoms with Gasteiger partial charge in [0.2, 0.25) is 0 Å². The SMILES string of the molecule is CSc1cccc(NC(=O)COC(=O)Cc2ccc(C)cc2)c1. The average molecular weight is 329 g/mol. The van der Waals surface area contributed by atoms with Gasteiger partial charge in [0.05, 0.1) is 6.42 Å². The summed E-state index contributed by atoms with van der Waals surface area (Å²) in [6.45, 7) is 1.70. The quantitative estimate of drug-likeness (QED) is 0.651. The van der Waals surface area contributed by atoms with Crippen molar-refractivity contribution < 1.29 is 14.3 Å². The van der Waals surface area contributed by atoms with Crippen LogP contribution in [0.1, 0.15) is 11.1 Å². The Morgan fingerprint density at radius 1 is 1.13 bits per heavy atom. The lowest BCUT2D eigenvalue weighted by molar-refractivity contribution is -0.146. The molecule has 0 aliphatic rings. The number of nitrogens with one attached hydrogen (secondary N) is 1. The van der Waals surface area contributed by atoms with Gasteiger partial charge in [-0.25, -0.2) is 0 Å². The Morgan fingerprint density at radius 2 is 1.87 bits per heavy atom. The molecule has 0 heterocycles. The summed E-state index contributed by atoms with van der Waals surface area (Å²) in [5.41, 5.74) is 2.69. The first kappa shape index (κ1) is 17.1. The molecule has 0 fully saturated rings. The summed E-state index contributed by atoms with van der Waals surface area (Å²) in [7, 11) is 0. The Morgan fingerprint density at radius 3 is 2.57 bits per heavy atom. The number of rotatable bonds is 6. The predicted molar refractivity (Wildman–Crippen MR) is 92.7 cm³/mol. The smallest absolute Gasteiger partial charge is 0.310 e. The van der Waals surface area contributed by atoms with E-state index in [0.29, 0.717) is 5.69 Å². The minimum atomic E-state index is -0.415. The molecular formula is C18H19NO3S. The molecule has 1 N–H and O–H groups in total. The van der Waals surface area contributed by atoms with Gasteiger partial charge in [0.1, 0.15) is 0 Å². The molecule has 5 heteroatoms. The van der Waals surface area contributed by atoms with Gasteiger partial charge < -0.3 is 10.1 Å². The minimum absolute atomic E-state index is 0.162. The van der Waals surface area contributed by atoms with Gasteiger partial charge >= 0.3 is 5.97 Å². The number of carbonyl (C=O) groups is 2. The van der Waals surface area contributed by atoms with Crippen molar-refractivity contribution in [1.29, 1.82) is 0 Å². The first-order valence-electron chi connectivity index (χ1n) is 7.22. The lowest BCUT2D eigenvalue weighted by Gasteiger charge is -2.08. The molecule has 0 aromatic heterocycles. The van der Waals surface area contributed by atoms with Crippen LogP contribution in [0.3, 0.4) is 0 Å². The Kier molecular flexibility index (Phi) is 6.23. The maximum absolute atomic E-state index is 11.8. The van der Waals surface area contributed by atoms with E-state index in [2.05, 4.69) is 5.32 Å². The lowest BCUT2D eigenvalue weighted by Crippen LogP contribution is -2.21.